The number of aliphatic imine (C=N–C) groups is 1. The summed E-state index contributed by atoms with van der Waals surface area (Å²) in [5.41, 5.74) is -0.887. The number of aliphatic hydroxyl groups is 2. The Morgan fingerprint density at radius 2 is 2.19 bits per heavy atom. The minimum atomic E-state index is -0.887. The molecule has 0 saturated heterocycles. The number of aliphatic hydroxyl groups excluding tert-OH is 2. The van der Waals surface area contributed by atoms with Crippen molar-refractivity contribution in [3.63, 3.8) is 0 Å². The van der Waals surface area contributed by atoms with E-state index < -0.39 is 23.7 Å². The van der Waals surface area contributed by atoms with Gasteiger partial charge in [-0.3, -0.25) is 9.79 Å². The van der Waals surface area contributed by atoms with E-state index in [1.807, 2.05) is 12.2 Å². The monoisotopic (exact) mass is 392 g/mol. The molecule has 3 rings (SSSR count). The molecule has 5 atom stereocenters. The van der Waals surface area contributed by atoms with Crippen molar-refractivity contribution in [2.45, 2.75) is 69.1 Å². The van der Waals surface area contributed by atoms with Gasteiger partial charge >= 0.3 is 5.97 Å². The van der Waals surface area contributed by atoms with Gasteiger partial charge in [-0.2, -0.15) is 5.26 Å². The van der Waals surface area contributed by atoms with Gasteiger partial charge in [-0.1, -0.05) is 25.0 Å². The van der Waals surface area contributed by atoms with Crippen LogP contribution in [-0.2, 0) is 4.79 Å². The second-order valence-electron chi connectivity index (χ2n) is 7.97. The number of nitriles is 1. The number of hydrogen-bond donors (Lipinski definition) is 3. The first-order valence-electron chi connectivity index (χ1n) is 9.84. The van der Waals surface area contributed by atoms with Crippen molar-refractivity contribution >= 4 is 22.8 Å². The normalized spacial score (nSPS) is 34.6. The van der Waals surface area contributed by atoms with Gasteiger partial charge in [-0.05, 0) is 30.9 Å². The van der Waals surface area contributed by atoms with Crippen LogP contribution in [0.25, 0.3) is 0 Å². The molecule has 0 aromatic carbocycles. The Morgan fingerprint density at radius 3 is 2.85 bits per heavy atom. The quantitative estimate of drug-likeness (QED) is 0.453. The molecule has 3 N–H and O–H groups in total. The number of carbonyl (C=O) groups is 1. The Morgan fingerprint density at radius 1 is 1.44 bits per heavy atom. The number of carboxylic acids is 1. The van der Waals surface area contributed by atoms with Crippen molar-refractivity contribution in [3.05, 3.63) is 12.2 Å². The van der Waals surface area contributed by atoms with Crippen LogP contribution in [0.1, 0.15) is 51.4 Å². The van der Waals surface area contributed by atoms with E-state index in [4.69, 9.17) is 5.11 Å². The zero-order valence-electron chi connectivity index (χ0n) is 15.5. The fourth-order valence-electron chi connectivity index (χ4n) is 4.70. The molecule has 0 radical (unpaired) electrons. The number of fused-ring (bicyclic) bond motifs is 1. The highest BCUT2D eigenvalue weighted by Gasteiger charge is 2.56. The SMILES string of the molecule is N#CC12CC(O)C(/C=C/C(O)C3CCCC3)C1CC(SCCCC(=O)O)=N2. The molecule has 148 valence electrons. The van der Waals surface area contributed by atoms with Crippen LogP contribution in [0.15, 0.2) is 17.1 Å². The van der Waals surface area contributed by atoms with Crippen LogP contribution < -0.4 is 0 Å². The topological polar surface area (TPSA) is 114 Å². The Kier molecular flexibility index (Phi) is 6.61. The maximum Gasteiger partial charge on any atom is 0.303 e. The van der Waals surface area contributed by atoms with E-state index in [1.165, 1.54) is 11.8 Å². The van der Waals surface area contributed by atoms with E-state index in [-0.39, 0.29) is 18.3 Å². The van der Waals surface area contributed by atoms with E-state index in [0.29, 0.717) is 30.9 Å². The molecule has 1 aliphatic heterocycles. The van der Waals surface area contributed by atoms with E-state index >= 15 is 0 Å². The Balaban J connectivity index is 1.62. The summed E-state index contributed by atoms with van der Waals surface area (Å²) in [6.45, 7) is 0. The fraction of sp³-hybridized carbons (Fsp3) is 0.750. The van der Waals surface area contributed by atoms with Crippen LogP contribution >= 0.6 is 11.8 Å². The first-order chi connectivity index (χ1) is 12.9. The Bertz CT molecular complexity index is 653. The third kappa shape index (κ3) is 4.56. The van der Waals surface area contributed by atoms with E-state index in [0.717, 1.165) is 30.7 Å². The highest BCUT2D eigenvalue weighted by molar-refractivity contribution is 8.13. The minimum Gasteiger partial charge on any atom is -0.481 e. The molecule has 6 nitrogen and oxygen atoms in total. The van der Waals surface area contributed by atoms with Crippen molar-refractivity contribution in [1.29, 1.82) is 5.26 Å². The number of aliphatic carboxylic acids is 1. The first-order valence-corrected chi connectivity index (χ1v) is 10.8. The van der Waals surface area contributed by atoms with Gasteiger partial charge in [0, 0.05) is 31.1 Å². The molecule has 2 aliphatic carbocycles. The van der Waals surface area contributed by atoms with E-state index in [9.17, 15) is 20.3 Å². The van der Waals surface area contributed by atoms with E-state index in [1.54, 1.807) is 0 Å². The Labute approximate surface area is 164 Å². The highest BCUT2D eigenvalue weighted by atomic mass is 32.2. The smallest absolute Gasteiger partial charge is 0.303 e. The van der Waals surface area contributed by atoms with Crippen LogP contribution in [0.3, 0.4) is 0 Å². The third-order valence-corrected chi connectivity index (χ3v) is 7.26. The molecule has 2 fully saturated rings. The zero-order chi connectivity index (χ0) is 19.4. The van der Waals surface area contributed by atoms with Crippen molar-refractivity contribution in [2.75, 3.05) is 5.75 Å². The first kappa shape index (κ1) is 20.4. The summed E-state index contributed by atoms with van der Waals surface area (Å²) in [5.74, 6) is -0.0831. The second-order valence-corrected chi connectivity index (χ2v) is 9.13. The number of carboxylic acid groups (broad SMARTS) is 1. The largest absolute Gasteiger partial charge is 0.481 e. The lowest BCUT2D eigenvalue weighted by Gasteiger charge is -2.21. The lowest BCUT2D eigenvalue weighted by Crippen LogP contribution is -2.27. The van der Waals surface area contributed by atoms with Gasteiger partial charge in [-0.15, -0.1) is 11.8 Å². The number of rotatable bonds is 7. The third-order valence-electron chi connectivity index (χ3n) is 6.17. The van der Waals surface area contributed by atoms with Gasteiger partial charge in [0.05, 0.1) is 23.3 Å². The summed E-state index contributed by atoms with van der Waals surface area (Å²) < 4.78 is 0. The molecule has 27 heavy (non-hydrogen) atoms. The predicted octanol–water partition coefficient (Wildman–Crippen LogP) is 2.75. The molecule has 0 aromatic rings. The molecule has 5 unspecified atom stereocenters. The molecule has 0 spiro atoms. The average molecular weight is 393 g/mol. The summed E-state index contributed by atoms with van der Waals surface area (Å²) in [6.07, 6.45) is 8.71. The van der Waals surface area contributed by atoms with Gasteiger partial charge in [0.1, 0.15) is 0 Å². The fourth-order valence-corrected chi connectivity index (χ4v) is 5.75. The molecule has 2 saturated carbocycles. The van der Waals surface area contributed by atoms with Gasteiger partial charge in [0.15, 0.2) is 5.54 Å². The standard InChI is InChI=1S/C20H28N2O4S/c21-12-20-11-17(24)14(7-8-16(23)13-4-1-2-5-13)15(20)10-18(22-20)27-9-3-6-19(25)26/h7-8,13-17,23-24H,1-6,9-11H2,(H,25,26)/b8-7+. The summed E-state index contributed by atoms with van der Waals surface area (Å²) >= 11 is 1.53. The van der Waals surface area contributed by atoms with Crippen molar-refractivity contribution in [1.82, 2.24) is 0 Å². The summed E-state index contributed by atoms with van der Waals surface area (Å²) in [7, 11) is 0. The maximum absolute atomic E-state index is 10.6. The second kappa shape index (κ2) is 8.76. The Hall–Kier alpha value is -1.36. The lowest BCUT2D eigenvalue weighted by atomic mass is 9.84. The molecule has 0 bridgehead atoms. The zero-order valence-corrected chi connectivity index (χ0v) is 16.3. The van der Waals surface area contributed by atoms with Crippen molar-refractivity contribution < 1.29 is 20.1 Å². The minimum absolute atomic E-state index is 0.0773. The highest BCUT2D eigenvalue weighted by Crippen LogP contribution is 2.50. The molecule has 3 aliphatic rings. The summed E-state index contributed by atoms with van der Waals surface area (Å²) in [4.78, 5) is 15.3. The number of thioether (sulfide) groups is 1. The molecule has 0 aromatic heterocycles. The summed E-state index contributed by atoms with van der Waals surface area (Å²) in [5, 5.41) is 40.2. The molecule has 1 heterocycles. The number of hydrogen-bond acceptors (Lipinski definition) is 6. The molecular weight excluding hydrogens is 364 g/mol. The van der Waals surface area contributed by atoms with E-state index in [2.05, 4.69) is 11.1 Å². The van der Waals surface area contributed by atoms with Gasteiger partial charge in [-0.25, -0.2) is 0 Å². The van der Waals surface area contributed by atoms with Crippen molar-refractivity contribution in [2.24, 2.45) is 22.7 Å². The van der Waals surface area contributed by atoms with Gasteiger partial charge in [0.2, 0.25) is 0 Å². The van der Waals surface area contributed by atoms with Crippen LogP contribution in [-0.4, -0.2) is 49.8 Å². The van der Waals surface area contributed by atoms with Gasteiger partial charge in [0.25, 0.3) is 0 Å². The van der Waals surface area contributed by atoms with Crippen LogP contribution in [0.4, 0.5) is 0 Å². The molecule has 0 amide bonds. The van der Waals surface area contributed by atoms with Crippen LogP contribution in [0.5, 0.6) is 0 Å². The lowest BCUT2D eigenvalue weighted by molar-refractivity contribution is -0.137. The molecule has 7 heteroatoms. The molecular formula is C20H28N2O4S. The maximum atomic E-state index is 10.6. The summed E-state index contributed by atoms with van der Waals surface area (Å²) in [6, 6.07) is 2.33. The van der Waals surface area contributed by atoms with Crippen molar-refractivity contribution in [3.8, 4) is 6.07 Å². The van der Waals surface area contributed by atoms with Crippen LogP contribution in [0, 0.1) is 29.1 Å². The number of nitrogens with zero attached hydrogens (tertiary/aromatic N) is 2. The van der Waals surface area contributed by atoms with Crippen LogP contribution in [0.2, 0.25) is 0 Å². The average Bonchev–Trinajstić information content (AvgIpc) is 3.32. The van der Waals surface area contributed by atoms with Gasteiger partial charge < -0.3 is 15.3 Å². The predicted molar refractivity (Wildman–Crippen MR) is 104 cm³/mol.